The minimum atomic E-state index is -0.326. The van der Waals surface area contributed by atoms with Crippen LogP contribution in [0.15, 0.2) is 48.7 Å². The first-order chi connectivity index (χ1) is 15.5. The minimum absolute atomic E-state index is 0.326. The van der Waals surface area contributed by atoms with Crippen molar-refractivity contribution in [3.8, 4) is 22.3 Å². The number of halogens is 2. The quantitative estimate of drug-likeness (QED) is 0.411. The number of hydrogen-bond acceptors (Lipinski definition) is 5. The fourth-order valence-corrected chi connectivity index (χ4v) is 4.54. The summed E-state index contributed by atoms with van der Waals surface area (Å²) in [6.45, 7) is 3.85. The highest BCUT2D eigenvalue weighted by atomic mass is 35.5. The van der Waals surface area contributed by atoms with E-state index in [0.29, 0.717) is 33.7 Å². The Kier molecular flexibility index (Phi) is 5.45. The van der Waals surface area contributed by atoms with Gasteiger partial charge < -0.3 is 16.4 Å². The number of aromatic nitrogens is 3. The predicted octanol–water partition coefficient (Wildman–Crippen LogP) is 4.91. The molecule has 164 valence electrons. The van der Waals surface area contributed by atoms with Crippen molar-refractivity contribution in [2.75, 3.05) is 24.1 Å². The Morgan fingerprint density at radius 1 is 1.16 bits per heavy atom. The van der Waals surface area contributed by atoms with Gasteiger partial charge in [-0.1, -0.05) is 23.7 Å². The second kappa shape index (κ2) is 8.41. The van der Waals surface area contributed by atoms with Gasteiger partial charge in [0.05, 0.1) is 11.9 Å². The molecule has 0 unspecified atom stereocenters. The number of benzene rings is 2. The summed E-state index contributed by atoms with van der Waals surface area (Å²) in [5.74, 6) is 0.109. The van der Waals surface area contributed by atoms with Crippen LogP contribution in [0.4, 0.5) is 15.9 Å². The SMILES string of the molecule is Cc1nc2c(-c3cc(NC4CCNCC4)ccc3F)cnn2c(N)c1-c1cccc(Cl)c1. The Balaban J connectivity index is 1.57. The maximum atomic E-state index is 14.9. The first-order valence-corrected chi connectivity index (χ1v) is 11.1. The van der Waals surface area contributed by atoms with Gasteiger partial charge in [-0.2, -0.15) is 9.61 Å². The van der Waals surface area contributed by atoms with E-state index < -0.39 is 0 Å². The van der Waals surface area contributed by atoms with Gasteiger partial charge in [-0.15, -0.1) is 0 Å². The van der Waals surface area contributed by atoms with Gasteiger partial charge in [0, 0.05) is 33.4 Å². The average Bonchev–Trinajstić information content (AvgIpc) is 3.20. The zero-order valence-corrected chi connectivity index (χ0v) is 18.5. The maximum Gasteiger partial charge on any atom is 0.165 e. The summed E-state index contributed by atoms with van der Waals surface area (Å²) >= 11 is 6.17. The van der Waals surface area contributed by atoms with Crippen molar-refractivity contribution in [3.63, 3.8) is 0 Å². The standard InChI is InChI=1S/C24H24ClFN6/c1-14-22(15-3-2-4-16(25)11-15)23(27)32-24(30-14)20(13-29-32)19-12-18(5-6-21(19)26)31-17-7-9-28-10-8-17/h2-6,11-13,17,28,31H,7-10,27H2,1H3. The third-order valence-corrected chi connectivity index (χ3v) is 6.18. The zero-order valence-electron chi connectivity index (χ0n) is 17.7. The highest BCUT2D eigenvalue weighted by Crippen LogP contribution is 2.35. The van der Waals surface area contributed by atoms with Crippen LogP contribution in [0, 0.1) is 12.7 Å². The molecule has 0 saturated carbocycles. The minimum Gasteiger partial charge on any atom is -0.383 e. The lowest BCUT2D eigenvalue weighted by molar-refractivity contribution is 0.479. The number of anilines is 2. The number of nitrogens with one attached hydrogen (secondary N) is 2. The van der Waals surface area contributed by atoms with Crippen LogP contribution < -0.4 is 16.4 Å². The number of piperidine rings is 1. The van der Waals surface area contributed by atoms with Gasteiger partial charge in [-0.05, 0) is 68.8 Å². The number of rotatable bonds is 4. The van der Waals surface area contributed by atoms with Crippen LogP contribution in [0.1, 0.15) is 18.5 Å². The smallest absolute Gasteiger partial charge is 0.165 e. The van der Waals surface area contributed by atoms with Crippen molar-refractivity contribution in [2.24, 2.45) is 0 Å². The lowest BCUT2D eigenvalue weighted by Crippen LogP contribution is -2.35. The molecule has 6 nitrogen and oxygen atoms in total. The van der Waals surface area contributed by atoms with Crippen molar-refractivity contribution in [1.29, 1.82) is 0 Å². The fourth-order valence-electron chi connectivity index (χ4n) is 4.35. The molecule has 1 fully saturated rings. The summed E-state index contributed by atoms with van der Waals surface area (Å²) in [5.41, 5.74) is 11.3. The molecule has 0 aliphatic carbocycles. The molecule has 0 amide bonds. The molecule has 2 aromatic carbocycles. The molecule has 0 atom stereocenters. The molecule has 8 heteroatoms. The molecule has 0 bridgehead atoms. The zero-order chi connectivity index (χ0) is 22.2. The van der Waals surface area contributed by atoms with Gasteiger partial charge in [-0.3, -0.25) is 0 Å². The highest BCUT2D eigenvalue weighted by molar-refractivity contribution is 6.30. The van der Waals surface area contributed by atoms with Crippen molar-refractivity contribution < 1.29 is 4.39 Å². The van der Waals surface area contributed by atoms with Crippen molar-refractivity contribution in [3.05, 3.63) is 65.2 Å². The lowest BCUT2D eigenvalue weighted by atomic mass is 10.0. The third-order valence-electron chi connectivity index (χ3n) is 5.94. The second-order valence-electron chi connectivity index (χ2n) is 8.12. The molecule has 5 rings (SSSR count). The Labute approximate surface area is 190 Å². The number of nitrogens with two attached hydrogens (primary N) is 1. The first-order valence-electron chi connectivity index (χ1n) is 10.7. The Morgan fingerprint density at radius 3 is 2.75 bits per heavy atom. The van der Waals surface area contributed by atoms with E-state index in [0.717, 1.165) is 48.4 Å². The topological polar surface area (TPSA) is 80.3 Å². The van der Waals surface area contributed by atoms with Crippen molar-refractivity contribution in [2.45, 2.75) is 25.8 Å². The average molecular weight is 451 g/mol. The molecule has 0 radical (unpaired) electrons. The molecular formula is C24H24ClFN6. The summed E-state index contributed by atoms with van der Waals surface area (Å²) in [5, 5.41) is 11.9. The van der Waals surface area contributed by atoms with Gasteiger partial charge in [-0.25, -0.2) is 9.37 Å². The summed E-state index contributed by atoms with van der Waals surface area (Å²) in [4.78, 5) is 4.75. The van der Waals surface area contributed by atoms with E-state index in [2.05, 4.69) is 15.7 Å². The third kappa shape index (κ3) is 3.78. The van der Waals surface area contributed by atoms with Gasteiger partial charge >= 0.3 is 0 Å². The lowest BCUT2D eigenvalue weighted by Gasteiger charge is -2.25. The first kappa shape index (κ1) is 20.7. The Bertz CT molecular complexity index is 1300. The molecule has 4 aromatic rings. The van der Waals surface area contributed by atoms with Gasteiger partial charge in [0.25, 0.3) is 0 Å². The van der Waals surface area contributed by atoms with Gasteiger partial charge in [0.2, 0.25) is 0 Å². The summed E-state index contributed by atoms with van der Waals surface area (Å²) in [6, 6.07) is 12.9. The van der Waals surface area contributed by atoms with Crippen LogP contribution in [0.25, 0.3) is 27.9 Å². The molecular weight excluding hydrogens is 427 g/mol. The van der Waals surface area contributed by atoms with Crippen LogP contribution in [-0.4, -0.2) is 33.7 Å². The van der Waals surface area contributed by atoms with E-state index in [1.165, 1.54) is 6.07 Å². The molecule has 3 heterocycles. The number of nitrogen functional groups attached to an aromatic ring is 1. The summed E-state index contributed by atoms with van der Waals surface area (Å²) < 4.78 is 16.4. The van der Waals surface area contributed by atoms with Crippen molar-refractivity contribution >= 4 is 28.8 Å². The fraction of sp³-hybridized carbons (Fsp3) is 0.250. The largest absolute Gasteiger partial charge is 0.383 e. The van der Waals surface area contributed by atoms with Crippen LogP contribution >= 0.6 is 11.6 Å². The van der Waals surface area contributed by atoms with E-state index in [4.69, 9.17) is 22.3 Å². The summed E-state index contributed by atoms with van der Waals surface area (Å²) in [6.07, 6.45) is 3.69. The maximum absolute atomic E-state index is 14.9. The predicted molar refractivity (Wildman–Crippen MR) is 127 cm³/mol. The Morgan fingerprint density at radius 2 is 1.97 bits per heavy atom. The van der Waals surface area contributed by atoms with E-state index in [1.807, 2.05) is 37.3 Å². The molecule has 1 aliphatic rings. The van der Waals surface area contributed by atoms with Crippen LogP contribution in [0.5, 0.6) is 0 Å². The van der Waals surface area contributed by atoms with Crippen LogP contribution in [0.2, 0.25) is 5.02 Å². The normalized spacial score (nSPS) is 14.7. The molecule has 0 spiro atoms. The molecule has 32 heavy (non-hydrogen) atoms. The number of aryl methyl sites for hydroxylation is 1. The van der Waals surface area contributed by atoms with Gasteiger partial charge in [0.1, 0.15) is 11.6 Å². The molecule has 1 saturated heterocycles. The van der Waals surface area contributed by atoms with Crippen LogP contribution in [0.3, 0.4) is 0 Å². The number of hydrogen-bond donors (Lipinski definition) is 3. The van der Waals surface area contributed by atoms with E-state index in [-0.39, 0.29) is 5.82 Å². The molecule has 4 N–H and O–H groups in total. The second-order valence-corrected chi connectivity index (χ2v) is 8.56. The van der Waals surface area contributed by atoms with Crippen molar-refractivity contribution in [1.82, 2.24) is 19.9 Å². The van der Waals surface area contributed by atoms with Gasteiger partial charge in [0.15, 0.2) is 5.65 Å². The van der Waals surface area contributed by atoms with E-state index in [1.54, 1.807) is 16.8 Å². The number of nitrogens with zero attached hydrogens (tertiary/aromatic N) is 3. The van der Waals surface area contributed by atoms with E-state index in [9.17, 15) is 4.39 Å². The molecule has 1 aliphatic heterocycles. The summed E-state index contributed by atoms with van der Waals surface area (Å²) in [7, 11) is 0. The molecule has 2 aromatic heterocycles. The monoisotopic (exact) mass is 450 g/mol. The van der Waals surface area contributed by atoms with Crippen LogP contribution in [-0.2, 0) is 0 Å². The highest BCUT2D eigenvalue weighted by Gasteiger charge is 2.20. The number of fused-ring (bicyclic) bond motifs is 1. The van der Waals surface area contributed by atoms with E-state index >= 15 is 0 Å². The Hall–Kier alpha value is -3.16.